The summed E-state index contributed by atoms with van der Waals surface area (Å²) in [5.74, 6) is 0. The van der Waals surface area contributed by atoms with Gasteiger partial charge in [0.05, 0.1) is 21.3 Å². The van der Waals surface area contributed by atoms with E-state index in [9.17, 15) is 5.26 Å². The van der Waals surface area contributed by atoms with E-state index in [2.05, 4.69) is 78.9 Å². The van der Waals surface area contributed by atoms with Crippen LogP contribution in [-0.4, -0.2) is 0 Å². The number of nitriles is 1. The molecule has 27 heavy (non-hydrogen) atoms. The van der Waals surface area contributed by atoms with E-state index < -0.39 is 0 Å². The van der Waals surface area contributed by atoms with Crippen LogP contribution in [0.2, 0.25) is 0 Å². The van der Waals surface area contributed by atoms with Crippen molar-refractivity contribution in [3.05, 3.63) is 78.4 Å². The zero-order valence-corrected chi connectivity index (χ0v) is 16.4. The molecule has 1 heterocycles. The highest BCUT2D eigenvalue weighted by Crippen LogP contribution is 2.73. The third-order valence-corrected chi connectivity index (χ3v) is 10.1. The normalized spacial score (nSPS) is 27.5. The van der Waals surface area contributed by atoms with Crippen molar-refractivity contribution in [1.82, 2.24) is 0 Å². The molecule has 3 fully saturated rings. The SMILES string of the molecule is N#CC12CC(c3ccc([S+]4c5ccccc5Sc5ccccc54)cc3)(C1)C2. The van der Waals surface area contributed by atoms with Crippen LogP contribution >= 0.6 is 11.8 Å². The number of hydrogen-bond donors (Lipinski definition) is 0. The third kappa shape index (κ3) is 2.15. The fourth-order valence-electron chi connectivity index (χ4n) is 5.05. The molecule has 0 atom stereocenters. The van der Waals surface area contributed by atoms with Crippen molar-refractivity contribution >= 4 is 22.7 Å². The minimum atomic E-state index is -0.0472. The molecule has 0 unspecified atom stereocenters. The van der Waals surface area contributed by atoms with E-state index >= 15 is 0 Å². The van der Waals surface area contributed by atoms with E-state index in [0.717, 1.165) is 19.3 Å². The van der Waals surface area contributed by atoms with Crippen molar-refractivity contribution in [1.29, 1.82) is 5.26 Å². The van der Waals surface area contributed by atoms with Crippen molar-refractivity contribution in [2.45, 2.75) is 49.2 Å². The van der Waals surface area contributed by atoms with E-state index in [4.69, 9.17) is 0 Å². The fraction of sp³-hybridized carbons (Fsp3) is 0.208. The highest BCUT2D eigenvalue weighted by molar-refractivity contribution is 8.04. The van der Waals surface area contributed by atoms with E-state index in [1.165, 1.54) is 30.0 Å². The molecule has 0 spiro atoms. The van der Waals surface area contributed by atoms with Gasteiger partial charge in [-0.2, -0.15) is 5.26 Å². The molecule has 3 aromatic carbocycles. The minimum absolute atomic E-state index is 0.0128. The van der Waals surface area contributed by atoms with Gasteiger partial charge in [-0.1, -0.05) is 48.2 Å². The Morgan fingerprint density at radius 1 is 0.778 bits per heavy atom. The number of hydrogen-bond acceptors (Lipinski definition) is 2. The third-order valence-electron chi connectivity index (χ3n) is 6.33. The van der Waals surface area contributed by atoms with Crippen molar-refractivity contribution in [2.24, 2.45) is 5.41 Å². The predicted molar refractivity (Wildman–Crippen MR) is 109 cm³/mol. The summed E-state index contributed by atoms with van der Waals surface area (Å²) in [5.41, 5.74) is 1.74. The number of benzene rings is 3. The van der Waals surface area contributed by atoms with Gasteiger partial charge in [0.15, 0.2) is 14.7 Å². The Balaban J connectivity index is 1.41. The van der Waals surface area contributed by atoms with Crippen LogP contribution in [-0.2, 0) is 16.3 Å². The van der Waals surface area contributed by atoms with Crippen LogP contribution in [0.4, 0.5) is 0 Å². The first kappa shape index (κ1) is 15.9. The molecule has 2 bridgehead atoms. The Hall–Kier alpha value is -2.15. The molecule has 0 amide bonds. The molecule has 1 aliphatic heterocycles. The first-order valence-electron chi connectivity index (χ1n) is 9.34. The van der Waals surface area contributed by atoms with Crippen LogP contribution in [0.1, 0.15) is 24.8 Å². The molecule has 7 rings (SSSR count). The molecular formula is C24H18NS2+. The molecule has 3 aromatic rings. The molecule has 4 aliphatic rings. The van der Waals surface area contributed by atoms with Gasteiger partial charge in [0.25, 0.3) is 0 Å². The van der Waals surface area contributed by atoms with Crippen molar-refractivity contribution in [3.63, 3.8) is 0 Å². The van der Waals surface area contributed by atoms with Gasteiger partial charge in [0.1, 0.15) is 10.9 Å². The van der Waals surface area contributed by atoms with Crippen LogP contribution in [0, 0.1) is 16.7 Å². The Morgan fingerprint density at radius 3 is 1.89 bits per heavy atom. The van der Waals surface area contributed by atoms with Gasteiger partial charge in [-0.15, -0.1) is 0 Å². The van der Waals surface area contributed by atoms with Crippen LogP contribution in [0.25, 0.3) is 0 Å². The Morgan fingerprint density at radius 2 is 1.33 bits per heavy atom. The highest BCUT2D eigenvalue weighted by atomic mass is 32.2. The summed E-state index contributed by atoms with van der Waals surface area (Å²) in [5, 5.41) is 9.29. The lowest BCUT2D eigenvalue weighted by molar-refractivity contribution is -0.0928. The highest BCUT2D eigenvalue weighted by Gasteiger charge is 2.68. The van der Waals surface area contributed by atoms with Gasteiger partial charge in [0, 0.05) is 0 Å². The first-order valence-corrected chi connectivity index (χ1v) is 11.4. The summed E-state index contributed by atoms with van der Waals surface area (Å²) in [6, 6.07) is 29.5. The summed E-state index contributed by atoms with van der Waals surface area (Å²) in [4.78, 5) is 7.00. The van der Waals surface area contributed by atoms with E-state index in [1.54, 1.807) is 0 Å². The largest absolute Gasteiger partial charge is 0.198 e. The second kappa shape index (κ2) is 5.44. The number of fused-ring (bicyclic) bond motifs is 2. The lowest BCUT2D eigenvalue weighted by Gasteiger charge is -2.67. The lowest BCUT2D eigenvalue weighted by atomic mass is 9.34. The molecule has 3 saturated carbocycles. The topological polar surface area (TPSA) is 23.8 Å². The summed E-state index contributed by atoms with van der Waals surface area (Å²) in [6.07, 6.45) is 3.18. The lowest BCUT2D eigenvalue weighted by Crippen LogP contribution is -2.63. The molecule has 3 aliphatic carbocycles. The van der Waals surface area contributed by atoms with Crippen LogP contribution in [0.15, 0.2) is 97.3 Å². The monoisotopic (exact) mass is 384 g/mol. The van der Waals surface area contributed by atoms with Gasteiger partial charge in [0.2, 0.25) is 0 Å². The van der Waals surface area contributed by atoms with Crippen LogP contribution < -0.4 is 0 Å². The summed E-state index contributed by atoms with van der Waals surface area (Å²) >= 11 is 1.89. The number of rotatable bonds is 2. The molecule has 0 saturated heterocycles. The van der Waals surface area contributed by atoms with Crippen molar-refractivity contribution in [3.8, 4) is 6.07 Å². The summed E-state index contributed by atoms with van der Waals surface area (Å²) in [6.45, 7) is 0. The average Bonchev–Trinajstić information content (AvgIpc) is 2.65. The maximum atomic E-state index is 9.29. The quantitative estimate of drug-likeness (QED) is 0.385. The molecule has 0 N–H and O–H groups in total. The molecule has 130 valence electrons. The van der Waals surface area contributed by atoms with Crippen LogP contribution in [0.3, 0.4) is 0 Å². The van der Waals surface area contributed by atoms with Gasteiger partial charge in [-0.25, -0.2) is 0 Å². The number of nitrogens with zero attached hydrogens (tertiary/aromatic N) is 1. The van der Waals surface area contributed by atoms with Gasteiger partial charge in [-0.3, -0.25) is 0 Å². The maximum Gasteiger partial charge on any atom is 0.180 e. The van der Waals surface area contributed by atoms with E-state index in [0.29, 0.717) is 5.41 Å². The zero-order valence-electron chi connectivity index (χ0n) is 14.8. The van der Waals surface area contributed by atoms with Crippen molar-refractivity contribution in [2.75, 3.05) is 0 Å². The van der Waals surface area contributed by atoms with Gasteiger partial charge < -0.3 is 0 Å². The Bertz CT molecular complexity index is 1040. The zero-order chi connectivity index (χ0) is 18.1. The van der Waals surface area contributed by atoms with E-state index in [-0.39, 0.29) is 16.3 Å². The summed E-state index contributed by atoms with van der Waals surface area (Å²) < 4.78 is 0. The Kier molecular flexibility index (Phi) is 3.20. The second-order valence-corrected chi connectivity index (χ2v) is 11.1. The summed E-state index contributed by atoms with van der Waals surface area (Å²) in [7, 11) is -0.0472. The molecule has 3 heteroatoms. The van der Waals surface area contributed by atoms with Gasteiger partial charge >= 0.3 is 0 Å². The van der Waals surface area contributed by atoms with Gasteiger partial charge in [-0.05, 0) is 66.6 Å². The first-order chi connectivity index (χ1) is 13.2. The predicted octanol–water partition coefficient (Wildman–Crippen LogP) is 6.19. The molecule has 1 nitrogen and oxygen atoms in total. The molecular weight excluding hydrogens is 366 g/mol. The van der Waals surface area contributed by atoms with E-state index in [1.807, 2.05) is 11.8 Å². The smallest absolute Gasteiger partial charge is 0.180 e. The minimum Gasteiger partial charge on any atom is -0.198 e. The fourth-order valence-corrected chi connectivity index (χ4v) is 8.79. The molecule has 0 radical (unpaired) electrons. The molecule has 0 aromatic heterocycles. The van der Waals surface area contributed by atoms with Crippen molar-refractivity contribution < 1.29 is 0 Å². The standard InChI is InChI=1S/C24H18NS2/c25-16-23-13-24(14-23,15-23)17-9-11-18(12-10-17)27-21-7-3-1-5-19(21)26-20-6-2-4-8-22(20)27/h1-12H,13-15H2/q+1. The maximum absolute atomic E-state index is 9.29. The van der Waals surface area contributed by atoms with Crippen LogP contribution in [0.5, 0.6) is 0 Å². The second-order valence-electron chi connectivity index (χ2n) is 8.03. The Labute approximate surface area is 166 Å². The average molecular weight is 385 g/mol.